The van der Waals surface area contributed by atoms with Gasteiger partial charge in [0.1, 0.15) is 0 Å². The minimum absolute atomic E-state index is 0.142. The number of hydrogen-bond donors (Lipinski definition) is 1. The number of rotatable bonds is 5. The topological polar surface area (TPSA) is 29.1 Å². The molecule has 0 aliphatic rings. The van der Waals surface area contributed by atoms with Gasteiger partial charge in [0.05, 0.1) is 10.6 Å². The van der Waals surface area contributed by atoms with Gasteiger partial charge in [-0.05, 0) is 40.0 Å². The Morgan fingerprint density at radius 1 is 1.14 bits per heavy atom. The van der Waals surface area contributed by atoms with Gasteiger partial charge in [-0.2, -0.15) is 0 Å². The second kappa shape index (κ2) is 7.83. The lowest BCUT2D eigenvalue weighted by Crippen LogP contribution is -2.37. The second-order valence-electron chi connectivity index (χ2n) is 4.62. The third-order valence-electron chi connectivity index (χ3n) is 3.04. The van der Waals surface area contributed by atoms with E-state index in [4.69, 9.17) is 23.2 Å². The maximum atomic E-state index is 12.3. The molecule has 1 amide bonds. The molecule has 2 aromatic rings. The average molecular weight is 387 g/mol. The van der Waals surface area contributed by atoms with Crippen LogP contribution in [0.4, 0.5) is 0 Å². The quantitative estimate of drug-likeness (QED) is 0.742. The molecule has 0 aliphatic heterocycles. The number of amides is 1. The van der Waals surface area contributed by atoms with Crippen LogP contribution in [0.1, 0.15) is 15.9 Å². The van der Waals surface area contributed by atoms with E-state index in [1.807, 2.05) is 30.3 Å². The molecular weight excluding hydrogens is 373 g/mol. The Morgan fingerprint density at radius 3 is 2.52 bits per heavy atom. The van der Waals surface area contributed by atoms with Crippen molar-refractivity contribution in [2.45, 2.75) is 12.5 Å². The number of halogens is 3. The Labute approximate surface area is 142 Å². The molecule has 0 radical (unpaired) electrons. The number of nitrogens with one attached hydrogen (secondary N) is 1. The summed E-state index contributed by atoms with van der Waals surface area (Å²) in [6, 6.07) is 15.0. The predicted molar refractivity (Wildman–Crippen MR) is 91.3 cm³/mol. The van der Waals surface area contributed by atoms with Crippen LogP contribution in [0.3, 0.4) is 0 Å². The molecule has 2 aromatic carbocycles. The van der Waals surface area contributed by atoms with Gasteiger partial charge in [-0.3, -0.25) is 4.79 Å². The molecule has 0 fully saturated rings. The third kappa shape index (κ3) is 4.47. The van der Waals surface area contributed by atoms with Gasteiger partial charge in [0, 0.05) is 16.4 Å². The first kappa shape index (κ1) is 16.3. The zero-order valence-electron chi connectivity index (χ0n) is 11.2. The number of alkyl halides is 1. The summed E-state index contributed by atoms with van der Waals surface area (Å²) in [6.45, 7) is 0. The zero-order chi connectivity index (χ0) is 15.2. The van der Waals surface area contributed by atoms with Crippen molar-refractivity contribution in [2.24, 2.45) is 0 Å². The van der Waals surface area contributed by atoms with Gasteiger partial charge in [-0.25, -0.2) is 0 Å². The van der Waals surface area contributed by atoms with E-state index in [-0.39, 0.29) is 11.9 Å². The summed E-state index contributed by atoms with van der Waals surface area (Å²) in [5, 5.41) is 3.33. The fraction of sp³-hybridized carbons (Fsp3) is 0.188. The number of hydrogen-bond acceptors (Lipinski definition) is 1. The first-order chi connectivity index (χ1) is 10.1. The van der Waals surface area contributed by atoms with Crippen LogP contribution in [0.2, 0.25) is 5.02 Å². The average Bonchev–Trinajstić information content (AvgIpc) is 2.50. The Balaban J connectivity index is 2.08. The monoisotopic (exact) mass is 385 g/mol. The maximum absolute atomic E-state index is 12.3. The standard InChI is InChI=1S/C16H14BrCl2NO/c17-14-8-4-7-13(15(14)19)16(21)20-12(10-18)9-11-5-2-1-3-6-11/h1-8,12H,9-10H2,(H,20,21). The van der Waals surface area contributed by atoms with Crippen molar-refractivity contribution in [3.63, 3.8) is 0 Å². The molecule has 2 rings (SSSR count). The Hall–Kier alpha value is -1.03. The molecular formula is C16H14BrCl2NO. The zero-order valence-corrected chi connectivity index (χ0v) is 14.3. The summed E-state index contributed by atoms with van der Waals surface area (Å²) in [5.74, 6) is 0.120. The smallest absolute Gasteiger partial charge is 0.253 e. The van der Waals surface area contributed by atoms with E-state index >= 15 is 0 Å². The van der Waals surface area contributed by atoms with Crippen LogP contribution in [0.25, 0.3) is 0 Å². The van der Waals surface area contributed by atoms with E-state index in [1.165, 1.54) is 0 Å². The normalized spacial score (nSPS) is 12.0. The Bertz CT molecular complexity index is 619. The minimum Gasteiger partial charge on any atom is -0.348 e. The highest BCUT2D eigenvalue weighted by molar-refractivity contribution is 9.10. The first-order valence-electron chi connectivity index (χ1n) is 6.46. The van der Waals surface area contributed by atoms with E-state index in [9.17, 15) is 4.79 Å². The van der Waals surface area contributed by atoms with Crippen molar-refractivity contribution in [3.8, 4) is 0 Å². The Kier molecular flexibility index (Phi) is 6.09. The molecule has 0 spiro atoms. The van der Waals surface area contributed by atoms with Crippen molar-refractivity contribution >= 4 is 45.0 Å². The molecule has 0 aliphatic carbocycles. The van der Waals surface area contributed by atoms with Crippen molar-refractivity contribution in [1.29, 1.82) is 0 Å². The molecule has 0 saturated heterocycles. The molecule has 21 heavy (non-hydrogen) atoms. The Morgan fingerprint density at radius 2 is 1.86 bits per heavy atom. The van der Waals surface area contributed by atoms with Crippen LogP contribution in [0.5, 0.6) is 0 Å². The highest BCUT2D eigenvalue weighted by Gasteiger charge is 2.16. The molecule has 0 heterocycles. The summed E-state index contributed by atoms with van der Waals surface area (Å²) < 4.78 is 0.697. The summed E-state index contributed by atoms with van der Waals surface area (Å²) in [4.78, 5) is 12.3. The van der Waals surface area contributed by atoms with Crippen LogP contribution in [-0.2, 0) is 6.42 Å². The molecule has 5 heteroatoms. The van der Waals surface area contributed by atoms with Crippen molar-refractivity contribution in [3.05, 3.63) is 69.2 Å². The van der Waals surface area contributed by atoms with Crippen molar-refractivity contribution in [2.75, 3.05) is 5.88 Å². The molecule has 110 valence electrons. The summed E-state index contributed by atoms with van der Waals surface area (Å²) >= 11 is 15.4. The van der Waals surface area contributed by atoms with Crippen LogP contribution >= 0.6 is 39.1 Å². The minimum atomic E-state index is -0.220. The molecule has 0 bridgehead atoms. The van der Waals surface area contributed by atoms with Gasteiger partial charge in [-0.15, -0.1) is 11.6 Å². The maximum Gasteiger partial charge on any atom is 0.253 e. The lowest BCUT2D eigenvalue weighted by atomic mass is 10.1. The largest absolute Gasteiger partial charge is 0.348 e. The fourth-order valence-electron chi connectivity index (χ4n) is 1.99. The van der Waals surface area contributed by atoms with Crippen LogP contribution < -0.4 is 5.32 Å². The lowest BCUT2D eigenvalue weighted by Gasteiger charge is -2.17. The van der Waals surface area contributed by atoms with E-state index in [0.717, 1.165) is 5.56 Å². The second-order valence-corrected chi connectivity index (χ2v) is 6.16. The highest BCUT2D eigenvalue weighted by atomic mass is 79.9. The van der Waals surface area contributed by atoms with Gasteiger partial charge in [-0.1, -0.05) is 48.0 Å². The number of benzene rings is 2. The molecule has 1 atom stereocenters. The van der Waals surface area contributed by atoms with Crippen LogP contribution in [0.15, 0.2) is 53.0 Å². The van der Waals surface area contributed by atoms with Crippen LogP contribution in [-0.4, -0.2) is 17.8 Å². The van der Waals surface area contributed by atoms with Crippen LogP contribution in [0, 0.1) is 0 Å². The molecule has 2 nitrogen and oxygen atoms in total. The van der Waals surface area contributed by atoms with Gasteiger partial charge in [0.2, 0.25) is 0 Å². The molecule has 1 N–H and O–H groups in total. The lowest BCUT2D eigenvalue weighted by molar-refractivity contribution is 0.0940. The number of carbonyl (C=O) groups excluding carboxylic acids is 1. The molecule has 0 saturated carbocycles. The summed E-state index contributed by atoms with van der Waals surface area (Å²) in [7, 11) is 0. The van der Waals surface area contributed by atoms with Gasteiger partial charge < -0.3 is 5.32 Å². The summed E-state index contributed by atoms with van der Waals surface area (Å²) in [5.41, 5.74) is 1.57. The fourth-order valence-corrected chi connectivity index (χ4v) is 2.75. The highest BCUT2D eigenvalue weighted by Crippen LogP contribution is 2.26. The third-order valence-corrected chi connectivity index (χ3v) is 4.71. The molecule has 1 unspecified atom stereocenters. The summed E-state index contributed by atoms with van der Waals surface area (Å²) in [6.07, 6.45) is 0.682. The van der Waals surface area contributed by atoms with E-state index in [0.29, 0.717) is 27.4 Å². The van der Waals surface area contributed by atoms with Gasteiger partial charge in [0.15, 0.2) is 0 Å². The van der Waals surface area contributed by atoms with E-state index in [2.05, 4.69) is 21.2 Å². The number of carbonyl (C=O) groups is 1. The van der Waals surface area contributed by atoms with Crippen molar-refractivity contribution < 1.29 is 4.79 Å². The SMILES string of the molecule is O=C(NC(CCl)Cc1ccccc1)c1cccc(Br)c1Cl. The van der Waals surface area contributed by atoms with Gasteiger partial charge >= 0.3 is 0 Å². The van der Waals surface area contributed by atoms with Crippen molar-refractivity contribution in [1.82, 2.24) is 5.32 Å². The van der Waals surface area contributed by atoms with Gasteiger partial charge in [0.25, 0.3) is 5.91 Å². The molecule has 0 aromatic heterocycles. The van der Waals surface area contributed by atoms with E-state index in [1.54, 1.807) is 18.2 Å². The first-order valence-corrected chi connectivity index (χ1v) is 8.17. The predicted octanol–water partition coefficient (Wildman–Crippen LogP) is 4.68. The van der Waals surface area contributed by atoms with E-state index < -0.39 is 0 Å².